The Kier molecular flexibility index (Phi) is 1.35. The maximum atomic E-state index is 4.13. The first-order valence-corrected chi connectivity index (χ1v) is 3.67. The van der Waals surface area contributed by atoms with Gasteiger partial charge in [-0.25, -0.2) is 4.98 Å². The molecule has 0 spiro atoms. The van der Waals surface area contributed by atoms with Crippen molar-refractivity contribution in [3.05, 3.63) is 30.5 Å². The Balaban J connectivity index is 2.79. The highest BCUT2D eigenvalue weighted by Gasteiger charge is 1.96. The minimum Gasteiger partial charge on any atom is -0.301 e. The Bertz CT molecular complexity index is 364. The maximum Gasteiger partial charge on any atom is 0.155 e. The summed E-state index contributed by atoms with van der Waals surface area (Å²) in [5.41, 5.74) is 2.12. The zero-order valence-electron chi connectivity index (χ0n) is 6.36. The van der Waals surface area contributed by atoms with Crippen LogP contribution in [-0.4, -0.2) is 14.4 Å². The average Bonchev–Trinajstić information content (AvgIpc) is 2.50. The van der Waals surface area contributed by atoms with Crippen LogP contribution in [0.4, 0.5) is 0 Å². The van der Waals surface area contributed by atoms with Gasteiger partial charge in [0.2, 0.25) is 0 Å². The topological polar surface area (TPSA) is 30.2 Å². The monoisotopic (exact) mass is 147 g/mol. The Morgan fingerprint density at radius 1 is 1.45 bits per heavy atom. The number of rotatable bonds is 1. The van der Waals surface area contributed by atoms with Crippen molar-refractivity contribution in [1.29, 1.82) is 0 Å². The van der Waals surface area contributed by atoms with Gasteiger partial charge in [-0.1, -0.05) is 6.92 Å². The molecule has 2 rings (SSSR count). The Morgan fingerprint density at radius 3 is 3.18 bits per heavy atom. The molecule has 0 aliphatic rings. The van der Waals surface area contributed by atoms with Crippen LogP contribution in [-0.2, 0) is 6.42 Å². The maximum absolute atomic E-state index is 4.13. The Hall–Kier alpha value is -1.38. The first-order valence-electron chi connectivity index (χ1n) is 3.67. The summed E-state index contributed by atoms with van der Waals surface area (Å²) in [6.45, 7) is 2.11. The number of hydrogen-bond donors (Lipinski definition) is 0. The van der Waals surface area contributed by atoms with Gasteiger partial charge >= 0.3 is 0 Å². The minimum absolute atomic E-state index is 0.921. The summed E-state index contributed by atoms with van der Waals surface area (Å²) < 4.78 is 2.05. The molecular weight excluding hydrogens is 138 g/mol. The molecule has 0 aromatic carbocycles. The summed E-state index contributed by atoms with van der Waals surface area (Å²) in [5, 5.41) is 0. The van der Waals surface area contributed by atoms with Crippen LogP contribution < -0.4 is 0 Å². The number of aryl methyl sites for hydroxylation is 1. The number of nitrogens with zero attached hydrogens (tertiary/aromatic N) is 3. The van der Waals surface area contributed by atoms with Crippen LogP contribution in [0.2, 0.25) is 0 Å². The van der Waals surface area contributed by atoms with Gasteiger partial charge in [-0.2, -0.15) is 0 Å². The van der Waals surface area contributed by atoms with Crippen LogP contribution in [0.1, 0.15) is 12.6 Å². The third-order valence-corrected chi connectivity index (χ3v) is 1.75. The van der Waals surface area contributed by atoms with Crippen LogP contribution in [0.5, 0.6) is 0 Å². The van der Waals surface area contributed by atoms with Gasteiger partial charge in [0.25, 0.3) is 0 Å². The molecule has 0 unspecified atom stereocenters. The molecule has 0 bridgehead atoms. The molecular formula is C8H9N3. The SMILES string of the molecule is CCc1cncc2nccn12. The summed E-state index contributed by atoms with van der Waals surface area (Å²) in [6.07, 6.45) is 8.36. The van der Waals surface area contributed by atoms with Crippen LogP contribution in [0, 0.1) is 0 Å². The van der Waals surface area contributed by atoms with Crippen molar-refractivity contribution in [2.45, 2.75) is 13.3 Å². The second-order valence-electron chi connectivity index (χ2n) is 2.41. The molecule has 2 heterocycles. The Labute approximate surface area is 64.7 Å². The van der Waals surface area contributed by atoms with Gasteiger partial charge in [0, 0.05) is 24.3 Å². The highest BCUT2D eigenvalue weighted by Crippen LogP contribution is 2.03. The molecule has 0 N–H and O–H groups in total. The number of imidazole rings is 1. The van der Waals surface area contributed by atoms with E-state index in [0.717, 1.165) is 12.1 Å². The van der Waals surface area contributed by atoms with Gasteiger partial charge < -0.3 is 4.40 Å². The number of aromatic nitrogens is 3. The van der Waals surface area contributed by atoms with Gasteiger partial charge in [-0.05, 0) is 6.42 Å². The van der Waals surface area contributed by atoms with E-state index >= 15 is 0 Å². The fraction of sp³-hybridized carbons (Fsp3) is 0.250. The summed E-state index contributed by atoms with van der Waals surface area (Å²) in [6, 6.07) is 0. The van der Waals surface area contributed by atoms with Crippen molar-refractivity contribution < 1.29 is 0 Å². The molecule has 0 radical (unpaired) electrons. The quantitative estimate of drug-likeness (QED) is 0.608. The molecule has 2 aromatic heterocycles. The second-order valence-corrected chi connectivity index (χ2v) is 2.41. The molecule has 0 fully saturated rings. The van der Waals surface area contributed by atoms with Crippen molar-refractivity contribution in [2.24, 2.45) is 0 Å². The smallest absolute Gasteiger partial charge is 0.155 e. The third kappa shape index (κ3) is 0.888. The molecule has 3 heteroatoms. The van der Waals surface area contributed by atoms with Crippen molar-refractivity contribution in [2.75, 3.05) is 0 Å². The average molecular weight is 147 g/mol. The fourth-order valence-corrected chi connectivity index (χ4v) is 1.17. The molecule has 3 nitrogen and oxygen atoms in total. The molecule has 0 aliphatic carbocycles. The second kappa shape index (κ2) is 2.34. The standard InChI is InChI=1S/C8H9N3/c1-2-7-5-9-6-8-10-3-4-11(7)8/h3-6H,2H2,1H3. The lowest BCUT2D eigenvalue weighted by atomic mass is 10.3. The number of fused-ring (bicyclic) bond motifs is 1. The van der Waals surface area contributed by atoms with Gasteiger partial charge in [0.1, 0.15) is 0 Å². The summed E-state index contributed by atoms with van der Waals surface area (Å²) in [5.74, 6) is 0. The van der Waals surface area contributed by atoms with E-state index in [1.165, 1.54) is 5.69 Å². The molecule has 0 saturated carbocycles. The lowest BCUT2D eigenvalue weighted by molar-refractivity contribution is 0.952. The zero-order valence-corrected chi connectivity index (χ0v) is 6.36. The minimum atomic E-state index is 0.921. The fourth-order valence-electron chi connectivity index (χ4n) is 1.17. The van der Waals surface area contributed by atoms with E-state index in [0.29, 0.717) is 0 Å². The zero-order chi connectivity index (χ0) is 7.68. The van der Waals surface area contributed by atoms with Crippen molar-refractivity contribution >= 4 is 5.65 Å². The molecule has 0 saturated heterocycles. The van der Waals surface area contributed by atoms with Crippen LogP contribution >= 0.6 is 0 Å². The molecule has 56 valence electrons. The predicted molar refractivity (Wildman–Crippen MR) is 42.4 cm³/mol. The third-order valence-electron chi connectivity index (χ3n) is 1.75. The predicted octanol–water partition coefficient (Wildman–Crippen LogP) is 1.29. The normalized spacial score (nSPS) is 10.6. The van der Waals surface area contributed by atoms with Crippen LogP contribution in [0.25, 0.3) is 5.65 Å². The van der Waals surface area contributed by atoms with Gasteiger partial charge in [-0.3, -0.25) is 4.98 Å². The molecule has 0 amide bonds. The van der Waals surface area contributed by atoms with E-state index in [9.17, 15) is 0 Å². The molecule has 11 heavy (non-hydrogen) atoms. The van der Waals surface area contributed by atoms with Crippen molar-refractivity contribution in [3.63, 3.8) is 0 Å². The first-order chi connectivity index (χ1) is 5.42. The highest BCUT2D eigenvalue weighted by molar-refractivity contribution is 5.36. The van der Waals surface area contributed by atoms with Crippen LogP contribution in [0.15, 0.2) is 24.8 Å². The van der Waals surface area contributed by atoms with Crippen molar-refractivity contribution in [1.82, 2.24) is 14.4 Å². The highest BCUT2D eigenvalue weighted by atomic mass is 15.0. The van der Waals surface area contributed by atoms with Gasteiger partial charge in [0.05, 0.1) is 6.20 Å². The summed E-state index contributed by atoms with van der Waals surface area (Å²) >= 11 is 0. The lowest BCUT2D eigenvalue weighted by Gasteiger charge is -1.98. The molecule has 2 aromatic rings. The Morgan fingerprint density at radius 2 is 2.36 bits per heavy atom. The van der Waals surface area contributed by atoms with E-state index in [1.54, 1.807) is 12.4 Å². The largest absolute Gasteiger partial charge is 0.301 e. The van der Waals surface area contributed by atoms with E-state index in [-0.39, 0.29) is 0 Å². The van der Waals surface area contributed by atoms with E-state index < -0.39 is 0 Å². The summed E-state index contributed by atoms with van der Waals surface area (Å²) in [7, 11) is 0. The van der Waals surface area contributed by atoms with Gasteiger partial charge in [-0.15, -0.1) is 0 Å². The first kappa shape index (κ1) is 6.34. The van der Waals surface area contributed by atoms with Crippen LogP contribution in [0.3, 0.4) is 0 Å². The number of hydrogen-bond acceptors (Lipinski definition) is 2. The van der Waals surface area contributed by atoms with Crippen molar-refractivity contribution in [3.8, 4) is 0 Å². The van der Waals surface area contributed by atoms with Gasteiger partial charge in [0.15, 0.2) is 5.65 Å². The van der Waals surface area contributed by atoms with E-state index in [4.69, 9.17) is 0 Å². The van der Waals surface area contributed by atoms with E-state index in [2.05, 4.69) is 16.9 Å². The summed E-state index contributed by atoms with van der Waals surface area (Å²) in [4.78, 5) is 8.20. The molecule has 0 aliphatic heterocycles. The lowest BCUT2D eigenvalue weighted by Crippen LogP contribution is -1.94. The van der Waals surface area contributed by atoms with E-state index in [1.807, 2.05) is 16.8 Å². The molecule has 0 atom stereocenters.